The topological polar surface area (TPSA) is 138 Å². The summed E-state index contributed by atoms with van der Waals surface area (Å²) in [7, 11) is 1.40. The molecule has 2 rings (SSSR count). The van der Waals surface area contributed by atoms with E-state index in [0.717, 1.165) is 0 Å². The Morgan fingerprint density at radius 2 is 1.89 bits per heavy atom. The summed E-state index contributed by atoms with van der Waals surface area (Å²) in [5.74, 6) is -0.665. The SMILES string of the molecule is CONC(=CCC(=O)OCC1OC(O)C(O)C(O)C1O)c1ccc(Cl)c(Cl)c1. The van der Waals surface area contributed by atoms with Crippen LogP contribution in [0.4, 0.5) is 0 Å². The molecule has 1 aromatic rings. The number of ether oxygens (including phenoxy) is 2. The maximum atomic E-state index is 12.0. The highest BCUT2D eigenvalue weighted by atomic mass is 35.5. The van der Waals surface area contributed by atoms with E-state index < -0.39 is 43.3 Å². The molecule has 1 heterocycles. The first-order valence-corrected chi connectivity index (χ1v) is 8.98. The molecule has 0 aliphatic carbocycles. The minimum absolute atomic E-state index is 0.164. The van der Waals surface area contributed by atoms with Gasteiger partial charge in [0.1, 0.15) is 31.0 Å². The lowest BCUT2D eigenvalue weighted by Gasteiger charge is -2.37. The number of aliphatic hydroxyl groups is 4. The van der Waals surface area contributed by atoms with Gasteiger partial charge in [-0.25, -0.2) is 0 Å². The number of halogens is 2. The molecule has 0 aromatic heterocycles. The lowest BCUT2D eigenvalue weighted by atomic mass is 9.99. The van der Waals surface area contributed by atoms with Gasteiger partial charge in [-0.15, -0.1) is 0 Å². The van der Waals surface area contributed by atoms with Crippen LogP contribution in [0, 0.1) is 0 Å². The Labute approximate surface area is 171 Å². The molecule has 28 heavy (non-hydrogen) atoms. The van der Waals surface area contributed by atoms with Crippen LogP contribution in [-0.2, 0) is 19.1 Å². The smallest absolute Gasteiger partial charge is 0.309 e. The molecule has 0 saturated carbocycles. The van der Waals surface area contributed by atoms with Crippen molar-refractivity contribution in [2.75, 3.05) is 13.7 Å². The molecule has 156 valence electrons. The predicted octanol–water partition coefficient (Wildman–Crippen LogP) is 0.219. The lowest BCUT2D eigenvalue weighted by molar-refractivity contribution is -0.287. The predicted molar refractivity (Wildman–Crippen MR) is 99.1 cm³/mol. The summed E-state index contributed by atoms with van der Waals surface area (Å²) >= 11 is 11.9. The molecule has 11 heteroatoms. The second-order valence-electron chi connectivity index (χ2n) is 5.98. The molecule has 5 unspecified atom stereocenters. The Morgan fingerprint density at radius 1 is 1.18 bits per heavy atom. The van der Waals surface area contributed by atoms with E-state index in [1.165, 1.54) is 13.2 Å². The number of hydrogen-bond acceptors (Lipinski definition) is 9. The highest BCUT2D eigenvalue weighted by Gasteiger charge is 2.43. The highest BCUT2D eigenvalue weighted by molar-refractivity contribution is 6.42. The number of nitrogens with one attached hydrogen (secondary N) is 1. The summed E-state index contributed by atoms with van der Waals surface area (Å²) in [5.41, 5.74) is 3.69. The van der Waals surface area contributed by atoms with Gasteiger partial charge in [-0.1, -0.05) is 29.3 Å². The third kappa shape index (κ3) is 5.79. The van der Waals surface area contributed by atoms with Gasteiger partial charge in [0.05, 0.1) is 29.3 Å². The first-order chi connectivity index (χ1) is 13.2. The van der Waals surface area contributed by atoms with Gasteiger partial charge in [-0.05, 0) is 18.2 Å². The fourth-order valence-corrected chi connectivity index (χ4v) is 2.78. The van der Waals surface area contributed by atoms with Crippen LogP contribution in [0.15, 0.2) is 24.3 Å². The Morgan fingerprint density at radius 3 is 2.54 bits per heavy atom. The van der Waals surface area contributed by atoms with Gasteiger partial charge in [0.25, 0.3) is 0 Å². The van der Waals surface area contributed by atoms with Crippen molar-refractivity contribution >= 4 is 34.9 Å². The van der Waals surface area contributed by atoms with E-state index in [1.807, 2.05) is 0 Å². The van der Waals surface area contributed by atoms with Crippen LogP contribution in [0.1, 0.15) is 12.0 Å². The number of aliphatic hydroxyl groups excluding tert-OH is 4. The summed E-state index contributed by atoms with van der Waals surface area (Å²) in [5, 5.41) is 39.0. The molecule has 1 fully saturated rings. The molecule has 5 atom stereocenters. The minimum Gasteiger partial charge on any atom is -0.463 e. The van der Waals surface area contributed by atoms with E-state index >= 15 is 0 Å². The Balaban J connectivity index is 1.95. The number of hydrogen-bond donors (Lipinski definition) is 5. The van der Waals surface area contributed by atoms with Gasteiger partial charge in [-0.2, -0.15) is 0 Å². The van der Waals surface area contributed by atoms with Crippen LogP contribution in [-0.4, -0.2) is 70.8 Å². The van der Waals surface area contributed by atoms with Gasteiger partial charge < -0.3 is 29.9 Å². The molecule has 0 bridgehead atoms. The van der Waals surface area contributed by atoms with E-state index in [1.54, 1.807) is 18.2 Å². The van der Waals surface area contributed by atoms with E-state index in [4.69, 9.17) is 37.5 Å². The van der Waals surface area contributed by atoms with Crippen molar-refractivity contribution in [3.05, 3.63) is 39.9 Å². The molecule has 0 amide bonds. The fraction of sp³-hybridized carbons (Fsp3) is 0.471. The summed E-state index contributed by atoms with van der Waals surface area (Å²) in [6.07, 6.45) is -6.36. The number of hydroxylamine groups is 1. The van der Waals surface area contributed by atoms with Gasteiger partial charge >= 0.3 is 5.97 Å². The standard InChI is InChI=1S/C17H21Cl2NO8/c1-26-20-11(8-2-3-9(18)10(19)6-8)4-5-13(21)27-7-12-14(22)15(23)16(24)17(25)28-12/h2-4,6,12,14-17,20,22-25H,5,7H2,1H3. The number of carbonyl (C=O) groups is 1. The summed E-state index contributed by atoms with van der Waals surface area (Å²) < 4.78 is 9.94. The molecule has 1 aliphatic heterocycles. The van der Waals surface area contributed by atoms with Crippen molar-refractivity contribution in [3.63, 3.8) is 0 Å². The molecule has 0 radical (unpaired) electrons. The van der Waals surface area contributed by atoms with Crippen LogP contribution >= 0.6 is 23.2 Å². The maximum absolute atomic E-state index is 12.0. The molecule has 1 aromatic carbocycles. The van der Waals surface area contributed by atoms with Crippen LogP contribution in [0.5, 0.6) is 0 Å². The fourth-order valence-electron chi connectivity index (χ4n) is 2.48. The Hall–Kier alpha value is -1.43. The zero-order chi connectivity index (χ0) is 20.8. The lowest BCUT2D eigenvalue weighted by Crippen LogP contribution is -2.58. The number of carbonyl (C=O) groups excluding carboxylic acids is 1. The normalized spacial score (nSPS) is 28.1. The van der Waals surface area contributed by atoms with E-state index in [2.05, 4.69) is 5.48 Å². The highest BCUT2D eigenvalue weighted by Crippen LogP contribution is 2.25. The van der Waals surface area contributed by atoms with Crippen LogP contribution < -0.4 is 5.48 Å². The van der Waals surface area contributed by atoms with Gasteiger partial charge in [0.2, 0.25) is 0 Å². The molecule has 1 aliphatic rings. The van der Waals surface area contributed by atoms with Crippen molar-refractivity contribution in [2.24, 2.45) is 0 Å². The second-order valence-corrected chi connectivity index (χ2v) is 6.79. The van der Waals surface area contributed by atoms with Crippen molar-refractivity contribution in [1.82, 2.24) is 5.48 Å². The largest absolute Gasteiger partial charge is 0.463 e. The minimum atomic E-state index is -1.70. The Kier molecular flexibility index (Phi) is 8.47. The molecular formula is C17H21Cl2NO8. The van der Waals surface area contributed by atoms with E-state index in [9.17, 15) is 25.2 Å². The monoisotopic (exact) mass is 437 g/mol. The number of benzene rings is 1. The zero-order valence-corrected chi connectivity index (χ0v) is 16.3. The van der Waals surface area contributed by atoms with Crippen molar-refractivity contribution < 1.29 is 39.5 Å². The quantitative estimate of drug-likeness (QED) is 0.299. The summed E-state index contributed by atoms with van der Waals surface area (Å²) in [6, 6.07) is 4.86. The van der Waals surface area contributed by atoms with Crippen molar-refractivity contribution in [2.45, 2.75) is 37.1 Å². The molecular weight excluding hydrogens is 417 g/mol. The van der Waals surface area contributed by atoms with Crippen LogP contribution in [0.2, 0.25) is 10.0 Å². The average Bonchev–Trinajstić information content (AvgIpc) is 2.67. The summed E-state index contributed by atoms with van der Waals surface area (Å²) in [4.78, 5) is 16.9. The first kappa shape index (κ1) is 22.9. The van der Waals surface area contributed by atoms with Crippen molar-refractivity contribution in [3.8, 4) is 0 Å². The van der Waals surface area contributed by atoms with Gasteiger partial charge in [-0.3, -0.25) is 15.1 Å². The first-order valence-electron chi connectivity index (χ1n) is 8.22. The molecule has 5 N–H and O–H groups in total. The van der Waals surface area contributed by atoms with Gasteiger partial charge in [0.15, 0.2) is 6.29 Å². The average molecular weight is 438 g/mol. The molecule has 9 nitrogen and oxygen atoms in total. The number of esters is 1. The van der Waals surface area contributed by atoms with Gasteiger partial charge in [0, 0.05) is 5.56 Å². The van der Waals surface area contributed by atoms with Crippen LogP contribution in [0.3, 0.4) is 0 Å². The molecule has 0 spiro atoms. The van der Waals surface area contributed by atoms with Crippen LogP contribution in [0.25, 0.3) is 5.70 Å². The van der Waals surface area contributed by atoms with Crippen molar-refractivity contribution in [1.29, 1.82) is 0 Å². The third-order valence-electron chi connectivity index (χ3n) is 4.01. The maximum Gasteiger partial charge on any atom is 0.309 e. The van der Waals surface area contributed by atoms with E-state index in [-0.39, 0.29) is 6.42 Å². The Bertz CT molecular complexity index is 716. The second kappa shape index (κ2) is 10.4. The summed E-state index contributed by atoms with van der Waals surface area (Å²) in [6.45, 7) is -0.422. The van der Waals surface area contributed by atoms with E-state index in [0.29, 0.717) is 21.3 Å². The third-order valence-corrected chi connectivity index (χ3v) is 4.75. The zero-order valence-electron chi connectivity index (χ0n) is 14.8. The number of rotatable bonds is 7. The molecule has 1 saturated heterocycles.